The highest BCUT2D eigenvalue weighted by Crippen LogP contribution is 2.33. The van der Waals surface area contributed by atoms with E-state index >= 15 is 0 Å². The van der Waals surface area contributed by atoms with Crippen LogP contribution in [0.4, 0.5) is 5.69 Å². The van der Waals surface area contributed by atoms with E-state index in [4.69, 9.17) is 4.74 Å². The van der Waals surface area contributed by atoms with Crippen LogP contribution in [0.25, 0.3) is 0 Å². The SMILES string of the molecule is CN(C(=O)C1CC1)c1ccccc1C(=O)NCc1ccccc1OCc1ccccc1. The quantitative estimate of drug-likeness (QED) is 0.587. The minimum atomic E-state index is -0.219. The van der Waals surface area contributed by atoms with Gasteiger partial charge >= 0.3 is 0 Å². The third kappa shape index (κ3) is 5.12. The van der Waals surface area contributed by atoms with Crippen molar-refractivity contribution in [3.8, 4) is 5.75 Å². The number of rotatable bonds is 8. The lowest BCUT2D eigenvalue weighted by Crippen LogP contribution is -2.31. The highest BCUT2D eigenvalue weighted by atomic mass is 16.5. The molecule has 0 aromatic heterocycles. The van der Waals surface area contributed by atoms with Crippen LogP contribution in [-0.2, 0) is 17.9 Å². The summed E-state index contributed by atoms with van der Waals surface area (Å²) in [6.45, 7) is 0.793. The summed E-state index contributed by atoms with van der Waals surface area (Å²) in [6, 6.07) is 24.9. The molecule has 0 radical (unpaired) electrons. The fourth-order valence-corrected chi connectivity index (χ4v) is 3.48. The molecular weight excluding hydrogens is 388 g/mol. The van der Waals surface area contributed by atoms with Crippen molar-refractivity contribution in [2.75, 3.05) is 11.9 Å². The number of nitrogens with zero attached hydrogens (tertiary/aromatic N) is 1. The Hall–Kier alpha value is -3.60. The van der Waals surface area contributed by atoms with Gasteiger partial charge in [-0.15, -0.1) is 0 Å². The van der Waals surface area contributed by atoms with Crippen molar-refractivity contribution in [2.45, 2.75) is 26.0 Å². The Morgan fingerprint density at radius 1 is 0.935 bits per heavy atom. The first kappa shape index (κ1) is 20.7. The van der Waals surface area contributed by atoms with Gasteiger partial charge in [-0.2, -0.15) is 0 Å². The molecule has 0 saturated heterocycles. The third-order valence-electron chi connectivity index (χ3n) is 5.42. The van der Waals surface area contributed by atoms with Crippen molar-refractivity contribution in [1.29, 1.82) is 0 Å². The minimum Gasteiger partial charge on any atom is -0.489 e. The summed E-state index contributed by atoms with van der Waals surface area (Å²) in [5, 5.41) is 2.98. The molecule has 0 atom stereocenters. The van der Waals surface area contributed by atoms with Crippen LogP contribution in [0.3, 0.4) is 0 Å². The zero-order valence-corrected chi connectivity index (χ0v) is 17.6. The van der Waals surface area contributed by atoms with E-state index in [2.05, 4.69) is 5.32 Å². The van der Waals surface area contributed by atoms with Crippen LogP contribution in [0.5, 0.6) is 5.75 Å². The molecule has 1 aliphatic carbocycles. The van der Waals surface area contributed by atoms with E-state index in [1.165, 1.54) is 0 Å². The van der Waals surface area contributed by atoms with Gasteiger partial charge in [-0.05, 0) is 36.6 Å². The standard InChI is InChI=1S/C26H26N2O3/c1-28(26(30)20-15-16-20)23-13-7-6-12-22(23)25(29)27-17-21-11-5-8-14-24(21)31-18-19-9-3-2-4-10-19/h2-14,20H,15-18H2,1H3,(H,27,29). The lowest BCUT2D eigenvalue weighted by molar-refractivity contribution is -0.119. The van der Waals surface area contributed by atoms with Crippen LogP contribution in [-0.4, -0.2) is 18.9 Å². The molecule has 5 nitrogen and oxygen atoms in total. The second-order valence-corrected chi connectivity index (χ2v) is 7.75. The Balaban J connectivity index is 1.43. The Labute approximate surface area is 182 Å². The summed E-state index contributed by atoms with van der Waals surface area (Å²) in [5.74, 6) is 0.680. The summed E-state index contributed by atoms with van der Waals surface area (Å²) >= 11 is 0. The van der Waals surface area contributed by atoms with Gasteiger partial charge in [-0.1, -0.05) is 60.7 Å². The number of carbonyl (C=O) groups is 2. The monoisotopic (exact) mass is 414 g/mol. The molecule has 0 spiro atoms. The first-order valence-electron chi connectivity index (χ1n) is 10.5. The molecule has 31 heavy (non-hydrogen) atoms. The zero-order chi connectivity index (χ0) is 21.6. The number of hydrogen-bond donors (Lipinski definition) is 1. The maximum absolute atomic E-state index is 13.0. The van der Waals surface area contributed by atoms with Gasteiger partial charge in [0.25, 0.3) is 5.91 Å². The lowest BCUT2D eigenvalue weighted by atomic mass is 10.1. The van der Waals surface area contributed by atoms with E-state index in [1.54, 1.807) is 18.0 Å². The molecule has 0 aliphatic heterocycles. The molecule has 158 valence electrons. The van der Waals surface area contributed by atoms with E-state index in [-0.39, 0.29) is 17.7 Å². The van der Waals surface area contributed by atoms with Crippen molar-refractivity contribution in [3.63, 3.8) is 0 Å². The van der Waals surface area contributed by atoms with Crippen LogP contribution >= 0.6 is 0 Å². The van der Waals surface area contributed by atoms with Crippen LogP contribution in [0.2, 0.25) is 0 Å². The van der Waals surface area contributed by atoms with Crippen molar-refractivity contribution in [1.82, 2.24) is 5.32 Å². The van der Waals surface area contributed by atoms with Crippen LogP contribution in [0.1, 0.15) is 34.3 Å². The number of ether oxygens (including phenoxy) is 1. The molecule has 4 rings (SSSR count). The third-order valence-corrected chi connectivity index (χ3v) is 5.42. The second-order valence-electron chi connectivity index (χ2n) is 7.75. The average Bonchev–Trinajstić information content (AvgIpc) is 3.67. The first-order chi connectivity index (χ1) is 15.1. The number of para-hydroxylation sites is 2. The van der Waals surface area contributed by atoms with Gasteiger partial charge in [0.2, 0.25) is 5.91 Å². The number of hydrogen-bond acceptors (Lipinski definition) is 3. The molecular formula is C26H26N2O3. The van der Waals surface area contributed by atoms with Crippen molar-refractivity contribution < 1.29 is 14.3 Å². The summed E-state index contributed by atoms with van der Waals surface area (Å²) in [7, 11) is 1.74. The smallest absolute Gasteiger partial charge is 0.253 e. The van der Waals surface area contributed by atoms with E-state index in [9.17, 15) is 9.59 Å². The van der Waals surface area contributed by atoms with E-state index in [0.29, 0.717) is 24.4 Å². The van der Waals surface area contributed by atoms with Crippen LogP contribution in [0, 0.1) is 5.92 Å². The Morgan fingerprint density at radius 2 is 1.61 bits per heavy atom. The number of nitrogens with one attached hydrogen (secondary N) is 1. The predicted octanol–water partition coefficient (Wildman–Crippen LogP) is 4.57. The van der Waals surface area contributed by atoms with E-state index in [0.717, 1.165) is 29.7 Å². The Bertz CT molecular complexity index is 1060. The maximum Gasteiger partial charge on any atom is 0.253 e. The van der Waals surface area contributed by atoms with Gasteiger partial charge < -0.3 is 15.0 Å². The maximum atomic E-state index is 13.0. The highest BCUT2D eigenvalue weighted by Gasteiger charge is 2.33. The molecule has 1 saturated carbocycles. The normalized spacial score (nSPS) is 12.8. The van der Waals surface area contributed by atoms with Gasteiger partial charge in [0.05, 0.1) is 11.3 Å². The molecule has 3 aromatic rings. The largest absolute Gasteiger partial charge is 0.489 e. The molecule has 5 heteroatoms. The van der Waals surface area contributed by atoms with Gasteiger partial charge in [-0.3, -0.25) is 9.59 Å². The Morgan fingerprint density at radius 3 is 2.39 bits per heavy atom. The lowest BCUT2D eigenvalue weighted by Gasteiger charge is -2.20. The molecule has 1 fully saturated rings. The summed E-state index contributed by atoms with van der Waals surface area (Å²) < 4.78 is 5.98. The van der Waals surface area contributed by atoms with E-state index in [1.807, 2.05) is 72.8 Å². The van der Waals surface area contributed by atoms with Gasteiger partial charge in [0.15, 0.2) is 0 Å². The van der Waals surface area contributed by atoms with Crippen molar-refractivity contribution in [2.24, 2.45) is 5.92 Å². The molecule has 0 unspecified atom stereocenters. The van der Waals surface area contributed by atoms with Crippen molar-refractivity contribution in [3.05, 3.63) is 95.6 Å². The van der Waals surface area contributed by atoms with Crippen molar-refractivity contribution >= 4 is 17.5 Å². The van der Waals surface area contributed by atoms with Gasteiger partial charge in [-0.25, -0.2) is 0 Å². The van der Waals surface area contributed by atoms with E-state index < -0.39 is 0 Å². The molecule has 1 aliphatic rings. The number of carbonyl (C=O) groups excluding carboxylic acids is 2. The fourth-order valence-electron chi connectivity index (χ4n) is 3.48. The molecule has 3 aromatic carbocycles. The van der Waals surface area contributed by atoms with Gasteiger partial charge in [0, 0.05) is 25.1 Å². The summed E-state index contributed by atoms with van der Waals surface area (Å²) in [4.78, 5) is 27.0. The fraction of sp³-hybridized carbons (Fsp3) is 0.231. The predicted molar refractivity (Wildman–Crippen MR) is 121 cm³/mol. The highest BCUT2D eigenvalue weighted by molar-refractivity contribution is 6.05. The first-order valence-corrected chi connectivity index (χ1v) is 10.5. The van der Waals surface area contributed by atoms with Crippen LogP contribution < -0.4 is 15.0 Å². The molecule has 0 bridgehead atoms. The summed E-state index contributed by atoms with van der Waals surface area (Å²) in [6.07, 6.45) is 1.86. The summed E-state index contributed by atoms with van der Waals surface area (Å²) in [5.41, 5.74) is 3.09. The van der Waals surface area contributed by atoms with Crippen LogP contribution in [0.15, 0.2) is 78.9 Å². The molecule has 2 amide bonds. The number of benzene rings is 3. The Kier molecular flexibility index (Phi) is 6.32. The molecule has 0 heterocycles. The second kappa shape index (κ2) is 9.47. The number of anilines is 1. The zero-order valence-electron chi connectivity index (χ0n) is 17.6. The van der Waals surface area contributed by atoms with Gasteiger partial charge in [0.1, 0.15) is 12.4 Å². The molecule has 1 N–H and O–H groups in total. The number of amides is 2. The topological polar surface area (TPSA) is 58.6 Å². The average molecular weight is 415 g/mol. The minimum absolute atomic E-state index is 0.0694.